The second kappa shape index (κ2) is 4.99. The maximum Gasteiger partial charge on any atom is 0.255 e. The number of halogens is 3. The predicted molar refractivity (Wildman–Crippen MR) is 77.9 cm³/mol. The number of anilines is 2. The van der Waals surface area contributed by atoms with Crippen molar-refractivity contribution in [3.05, 3.63) is 45.5 Å². The molecule has 0 unspecified atom stereocenters. The van der Waals surface area contributed by atoms with Crippen LogP contribution in [0.15, 0.2) is 29.0 Å². The topological polar surface area (TPSA) is 55.1 Å². The monoisotopic (exact) mass is 355 g/mol. The summed E-state index contributed by atoms with van der Waals surface area (Å²) in [5.41, 5.74) is 0.974. The van der Waals surface area contributed by atoms with E-state index in [1.165, 1.54) is 16.9 Å². The van der Waals surface area contributed by atoms with Crippen molar-refractivity contribution in [1.82, 2.24) is 19.6 Å². The Morgan fingerprint density at radius 3 is 2.95 bits per heavy atom. The average Bonchev–Trinajstić information content (AvgIpc) is 2.85. The van der Waals surface area contributed by atoms with Gasteiger partial charge in [-0.3, -0.25) is 0 Å². The summed E-state index contributed by atoms with van der Waals surface area (Å²) >= 11 is 9.26. The highest BCUT2D eigenvalue weighted by Gasteiger charge is 2.14. The van der Waals surface area contributed by atoms with Gasteiger partial charge in [-0.1, -0.05) is 27.5 Å². The minimum Gasteiger partial charge on any atom is -0.337 e. The van der Waals surface area contributed by atoms with Crippen LogP contribution < -0.4 is 5.32 Å². The van der Waals surface area contributed by atoms with Gasteiger partial charge >= 0.3 is 0 Å². The standard InChI is InChI=1S/C12H8BrClFN5/c1-6-10(14)19-12-16-5-17-20(12)11(6)18-9-3-2-7(13)4-8(9)15/h2-5,18H,1H3. The Balaban J connectivity index is 2.14. The molecule has 0 atom stereocenters. The first-order valence-corrected chi connectivity index (χ1v) is 6.81. The molecule has 0 bridgehead atoms. The van der Waals surface area contributed by atoms with E-state index >= 15 is 0 Å². The fourth-order valence-corrected chi connectivity index (χ4v) is 2.26. The Kier molecular flexibility index (Phi) is 3.31. The molecule has 5 nitrogen and oxygen atoms in total. The van der Waals surface area contributed by atoms with Gasteiger partial charge in [-0.2, -0.15) is 19.6 Å². The van der Waals surface area contributed by atoms with Gasteiger partial charge in [0.1, 0.15) is 23.1 Å². The van der Waals surface area contributed by atoms with Crippen molar-refractivity contribution in [2.45, 2.75) is 6.92 Å². The summed E-state index contributed by atoms with van der Waals surface area (Å²) < 4.78 is 16.0. The third-order valence-corrected chi connectivity index (χ3v) is 3.65. The van der Waals surface area contributed by atoms with Gasteiger partial charge in [-0.15, -0.1) is 0 Å². The Hall–Kier alpha value is -1.73. The summed E-state index contributed by atoms with van der Waals surface area (Å²) in [5, 5.41) is 7.33. The number of nitrogens with one attached hydrogen (secondary N) is 1. The van der Waals surface area contributed by atoms with Crippen molar-refractivity contribution >= 4 is 44.8 Å². The van der Waals surface area contributed by atoms with Crippen LogP contribution in [0.25, 0.3) is 5.78 Å². The van der Waals surface area contributed by atoms with Gasteiger partial charge < -0.3 is 5.32 Å². The van der Waals surface area contributed by atoms with Crippen molar-refractivity contribution in [2.75, 3.05) is 5.32 Å². The minimum atomic E-state index is -0.389. The average molecular weight is 357 g/mol. The van der Waals surface area contributed by atoms with Gasteiger partial charge in [-0.25, -0.2) is 4.39 Å². The van der Waals surface area contributed by atoms with Crippen molar-refractivity contribution in [1.29, 1.82) is 0 Å². The molecule has 0 saturated heterocycles. The van der Waals surface area contributed by atoms with Crippen LogP contribution >= 0.6 is 27.5 Å². The lowest BCUT2D eigenvalue weighted by atomic mass is 10.3. The molecular formula is C12H8BrClFN5. The summed E-state index contributed by atoms with van der Waals surface area (Å²) in [7, 11) is 0. The maximum atomic E-state index is 13.9. The number of nitrogens with zero attached hydrogens (tertiary/aromatic N) is 4. The molecule has 2 heterocycles. The molecular weight excluding hydrogens is 349 g/mol. The van der Waals surface area contributed by atoms with Crippen LogP contribution in [0.1, 0.15) is 5.56 Å². The van der Waals surface area contributed by atoms with Crippen LogP contribution in [0, 0.1) is 12.7 Å². The Labute approximate surface area is 126 Å². The molecule has 0 radical (unpaired) electrons. The van der Waals surface area contributed by atoms with E-state index in [0.717, 1.165) is 0 Å². The smallest absolute Gasteiger partial charge is 0.255 e. The molecule has 0 spiro atoms. The quantitative estimate of drug-likeness (QED) is 0.711. The first-order valence-electron chi connectivity index (χ1n) is 5.64. The Morgan fingerprint density at radius 2 is 2.20 bits per heavy atom. The molecule has 2 aromatic heterocycles. The van der Waals surface area contributed by atoms with Gasteiger partial charge in [-0.05, 0) is 25.1 Å². The Morgan fingerprint density at radius 1 is 1.40 bits per heavy atom. The zero-order valence-electron chi connectivity index (χ0n) is 10.2. The third kappa shape index (κ3) is 2.23. The molecule has 102 valence electrons. The van der Waals surface area contributed by atoms with E-state index in [1.807, 2.05) is 0 Å². The van der Waals surface area contributed by atoms with E-state index in [-0.39, 0.29) is 5.82 Å². The number of fused-ring (bicyclic) bond motifs is 1. The van der Waals surface area contributed by atoms with Crippen LogP contribution in [-0.2, 0) is 0 Å². The lowest BCUT2D eigenvalue weighted by molar-refractivity contribution is 0.630. The lowest BCUT2D eigenvalue weighted by Crippen LogP contribution is -2.06. The van der Waals surface area contributed by atoms with Crippen LogP contribution in [0.2, 0.25) is 5.15 Å². The van der Waals surface area contributed by atoms with Gasteiger partial charge in [0.25, 0.3) is 5.78 Å². The zero-order chi connectivity index (χ0) is 14.3. The second-order valence-electron chi connectivity index (χ2n) is 4.10. The number of aromatic nitrogens is 4. The van der Waals surface area contributed by atoms with Gasteiger partial charge in [0.05, 0.1) is 5.69 Å². The van der Waals surface area contributed by atoms with Gasteiger partial charge in [0.2, 0.25) is 0 Å². The second-order valence-corrected chi connectivity index (χ2v) is 5.37. The van der Waals surface area contributed by atoms with E-state index in [1.54, 1.807) is 19.1 Å². The summed E-state index contributed by atoms with van der Waals surface area (Å²) in [5.74, 6) is 0.485. The minimum absolute atomic E-state index is 0.297. The van der Waals surface area contributed by atoms with E-state index in [0.29, 0.717) is 32.5 Å². The van der Waals surface area contributed by atoms with Crippen molar-refractivity contribution in [2.24, 2.45) is 0 Å². The number of hydrogen-bond donors (Lipinski definition) is 1. The normalized spacial score (nSPS) is 11.0. The fraction of sp³-hybridized carbons (Fsp3) is 0.0833. The van der Waals surface area contributed by atoms with Crippen LogP contribution in [0.5, 0.6) is 0 Å². The number of benzene rings is 1. The molecule has 1 aromatic carbocycles. The summed E-state index contributed by atoms with van der Waals surface area (Å²) in [6.07, 6.45) is 1.36. The molecule has 0 saturated carbocycles. The maximum absolute atomic E-state index is 13.9. The fourth-order valence-electron chi connectivity index (χ4n) is 1.76. The summed E-state index contributed by atoms with van der Waals surface area (Å²) in [6, 6.07) is 4.73. The number of rotatable bonds is 2. The summed E-state index contributed by atoms with van der Waals surface area (Å²) in [4.78, 5) is 8.06. The van der Waals surface area contributed by atoms with E-state index in [2.05, 4.69) is 36.3 Å². The molecule has 0 aliphatic rings. The molecule has 1 N–H and O–H groups in total. The zero-order valence-corrected chi connectivity index (χ0v) is 12.6. The third-order valence-electron chi connectivity index (χ3n) is 2.79. The molecule has 3 aromatic rings. The van der Waals surface area contributed by atoms with Gasteiger partial charge in [0, 0.05) is 10.0 Å². The highest BCUT2D eigenvalue weighted by atomic mass is 79.9. The molecule has 0 aliphatic heterocycles. The molecule has 8 heteroatoms. The van der Waals surface area contributed by atoms with Crippen LogP contribution in [-0.4, -0.2) is 19.6 Å². The number of hydrogen-bond acceptors (Lipinski definition) is 4. The molecule has 3 rings (SSSR count). The predicted octanol–water partition coefficient (Wildman–Crippen LogP) is 3.73. The largest absolute Gasteiger partial charge is 0.337 e. The highest BCUT2D eigenvalue weighted by molar-refractivity contribution is 9.10. The first kappa shape index (κ1) is 13.3. The van der Waals surface area contributed by atoms with Gasteiger partial charge in [0.15, 0.2) is 0 Å². The molecule has 0 aliphatic carbocycles. The van der Waals surface area contributed by atoms with E-state index in [4.69, 9.17) is 11.6 Å². The molecule has 0 fully saturated rings. The highest BCUT2D eigenvalue weighted by Crippen LogP contribution is 2.27. The molecule has 20 heavy (non-hydrogen) atoms. The van der Waals surface area contributed by atoms with Crippen molar-refractivity contribution < 1.29 is 4.39 Å². The lowest BCUT2D eigenvalue weighted by Gasteiger charge is -2.12. The van der Waals surface area contributed by atoms with Crippen molar-refractivity contribution in [3.8, 4) is 0 Å². The molecule has 0 amide bonds. The van der Waals surface area contributed by atoms with E-state index < -0.39 is 0 Å². The first-order chi connectivity index (χ1) is 9.56. The Bertz CT molecular complexity index is 804. The SMILES string of the molecule is Cc1c(Cl)nc2ncnn2c1Nc1ccc(Br)cc1F. The van der Waals surface area contributed by atoms with Crippen LogP contribution in [0.3, 0.4) is 0 Å². The summed E-state index contributed by atoms with van der Waals surface area (Å²) in [6.45, 7) is 1.77. The van der Waals surface area contributed by atoms with E-state index in [9.17, 15) is 4.39 Å². The van der Waals surface area contributed by atoms with Crippen molar-refractivity contribution in [3.63, 3.8) is 0 Å². The van der Waals surface area contributed by atoms with Crippen LogP contribution in [0.4, 0.5) is 15.9 Å².